The van der Waals surface area contributed by atoms with Crippen molar-refractivity contribution in [3.05, 3.63) is 23.8 Å². The van der Waals surface area contributed by atoms with Crippen LogP contribution in [-0.4, -0.2) is 13.8 Å². The second kappa shape index (κ2) is 4.94. The third-order valence-corrected chi connectivity index (χ3v) is 3.63. The van der Waals surface area contributed by atoms with Crippen LogP contribution in [0.4, 0.5) is 5.69 Å². The van der Waals surface area contributed by atoms with Gasteiger partial charge in [0, 0.05) is 12.2 Å². The van der Waals surface area contributed by atoms with Crippen molar-refractivity contribution < 1.29 is 0 Å². The molecule has 0 saturated heterocycles. The average molecular weight is 214 g/mol. The molecule has 16 heavy (non-hydrogen) atoms. The van der Waals surface area contributed by atoms with Gasteiger partial charge >= 0.3 is 0 Å². The second-order valence-corrected chi connectivity index (χ2v) is 5.17. The molecule has 1 aliphatic rings. The van der Waals surface area contributed by atoms with Crippen LogP contribution in [0.3, 0.4) is 0 Å². The molecular weight excluding hydrogens is 193 g/mol. The summed E-state index contributed by atoms with van der Waals surface area (Å²) in [6, 6.07) is 6.62. The molecule has 1 aliphatic heterocycles. The molecule has 0 saturated carbocycles. The van der Waals surface area contributed by atoms with Crippen molar-refractivity contribution in [2.75, 3.05) is 11.9 Å². The molecular formula is C14H21BN. The standard InChI is InChI=1S/C14H21BN/c1-10(2)11(3)15-13-7-4-8-14-12(13)6-5-9-16-14/h4,7-8,10-11,16H,5-6,9H2,1-3H3. The van der Waals surface area contributed by atoms with Gasteiger partial charge in [-0.3, -0.25) is 0 Å². The van der Waals surface area contributed by atoms with E-state index >= 15 is 0 Å². The predicted molar refractivity (Wildman–Crippen MR) is 72.9 cm³/mol. The largest absolute Gasteiger partial charge is 0.385 e. The van der Waals surface area contributed by atoms with Crippen molar-refractivity contribution in [3.8, 4) is 0 Å². The molecule has 1 unspecified atom stereocenters. The van der Waals surface area contributed by atoms with E-state index in [0.29, 0.717) is 11.7 Å². The minimum atomic E-state index is 0.647. The lowest BCUT2D eigenvalue weighted by atomic mass is 9.55. The van der Waals surface area contributed by atoms with Gasteiger partial charge < -0.3 is 5.32 Å². The van der Waals surface area contributed by atoms with E-state index in [2.05, 4.69) is 51.6 Å². The molecule has 1 N–H and O–H groups in total. The van der Waals surface area contributed by atoms with Crippen molar-refractivity contribution in [2.45, 2.75) is 39.4 Å². The van der Waals surface area contributed by atoms with Crippen molar-refractivity contribution in [3.63, 3.8) is 0 Å². The zero-order chi connectivity index (χ0) is 11.5. The van der Waals surface area contributed by atoms with Crippen LogP contribution in [0, 0.1) is 5.92 Å². The number of anilines is 1. The third kappa shape index (κ3) is 2.42. The van der Waals surface area contributed by atoms with Crippen LogP contribution < -0.4 is 10.8 Å². The third-order valence-electron chi connectivity index (χ3n) is 3.63. The molecule has 85 valence electrons. The summed E-state index contributed by atoms with van der Waals surface area (Å²) < 4.78 is 0. The molecule has 1 radical (unpaired) electrons. The minimum Gasteiger partial charge on any atom is -0.385 e. The summed E-state index contributed by atoms with van der Waals surface area (Å²) in [4.78, 5) is 0. The van der Waals surface area contributed by atoms with Crippen LogP contribution in [0.1, 0.15) is 32.8 Å². The van der Waals surface area contributed by atoms with Gasteiger partial charge in [-0.05, 0) is 24.5 Å². The van der Waals surface area contributed by atoms with Gasteiger partial charge in [0.2, 0.25) is 0 Å². The number of hydrogen-bond acceptors (Lipinski definition) is 1. The lowest BCUT2D eigenvalue weighted by Gasteiger charge is -2.23. The number of benzene rings is 1. The average Bonchev–Trinajstić information content (AvgIpc) is 2.29. The Morgan fingerprint density at radius 1 is 1.25 bits per heavy atom. The van der Waals surface area contributed by atoms with E-state index in [-0.39, 0.29) is 0 Å². The maximum absolute atomic E-state index is 3.49. The van der Waals surface area contributed by atoms with E-state index in [1.807, 2.05) is 0 Å². The molecule has 1 heterocycles. The van der Waals surface area contributed by atoms with Gasteiger partial charge in [0.15, 0.2) is 7.28 Å². The lowest BCUT2D eigenvalue weighted by molar-refractivity contribution is 0.621. The van der Waals surface area contributed by atoms with Gasteiger partial charge in [0.1, 0.15) is 0 Å². The van der Waals surface area contributed by atoms with Crippen molar-refractivity contribution >= 4 is 18.4 Å². The predicted octanol–water partition coefficient (Wildman–Crippen LogP) is 2.84. The summed E-state index contributed by atoms with van der Waals surface area (Å²) in [6.45, 7) is 8.00. The highest BCUT2D eigenvalue weighted by Gasteiger charge is 2.16. The summed E-state index contributed by atoms with van der Waals surface area (Å²) in [5.41, 5.74) is 4.29. The highest BCUT2D eigenvalue weighted by molar-refractivity contribution is 6.55. The van der Waals surface area contributed by atoms with Crippen LogP contribution in [0.2, 0.25) is 5.82 Å². The molecule has 2 rings (SSSR count). The van der Waals surface area contributed by atoms with E-state index in [9.17, 15) is 0 Å². The van der Waals surface area contributed by atoms with Gasteiger partial charge in [0.25, 0.3) is 0 Å². The Morgan fingerprint density at radius 2 is 2.06 bits per heavy atom. The van der Waals surface area contributed by atoms with Crippen LogP contribution in [0.15, 0.2) is 18.2 Å². The van der Waals surface area contributed by atoms with Crippen LogP contribution in [0.25, 0.3) is 0 Å². The number of nitrogens with one attached hydrogen (secondary N) is 1. The van der Waals surface area contributed by atoms with Crippen LogP contribution in [0.5, 0.6) is 0 Å². The first-order chi connectivity index (χ1) is 7.68. The summed E-state index contributed by atoms with van der Waals surface area (Å²) in [6.07, 6.45) is 2.48. The number of hydrogen-bond donors (Lipinski definition) is 1. The first kappa shape index (κ1) is 11.6. The zero-order valence-electron chi connectivity index (χ0n) is 10.6. The maximum Gasteiger partial charge on any atom is 0.155 e. The minimum absolute atomic E-state index is 0.647. The molecule has 0 spiro atoms. The molecule has 0 bridgehead atoms. The van der Waals surface area contributed by atoms with E-state index in [1.54, 1.807) is 0 Å². The molecule has 2 heteroatoms. The zero-order valence-corrected chi connectivity index (χ0v) is 10.6. The highest BCUT2D eigenvalue weighted by atomic mass is 14.9. The fourth-order valence-electron chi connectivity index (χ4n) is 2.17. The Labute approximate surface area is 99.9 Å². The van der Waals surface area contributed by atoms with Crippen molar-refractivity contribution in [1.29, 1.82) is 0 Å². The number of fused-ring (bicyclic) bond motifs is 1. The van der Waals surface area contributed by atoms with Gasteiger partial charge in [-0.15, -0.1) is 0 Å². The van der Waals surface area contributed by atoms with E-state index < -0.39 is 0 Å². The topological polar surface area (TPSA) is 12.0 Å². The van der Waals surface area contributed by atoms with Gasteiger partial charge in [-0.25, -0.2) is 0 Å². The Bertz CT molecular complexity index is 360. The molecule has 0 amide bonds. The molecule has 1 nitrogen and oxygen atoms in total. The molecule has 1 aromatic rings. The monoisotopic (exact) mass is 214 g/mol. The lowest BCUT2D eigenvalue weighted by Crippen LogP contribution is -2.28. The van der Waals surface area contributed by atoms with Gasteiger partial charge in [0.05, 0.1) is 0 Å². The quantitative estimate of drug-likeness (QED) is 0.763. The van der Waals surface area contributed by atoms with E-state index in [1.165, 1.54) is 29.6 Å². The summed E-state index contributed by atoms with van der Waals surface area (Å²) in [5.74, 6) is 1.36. The van der Waals surface area contributed by atoms with Crippen molar-refractivity contribution in [1.82, 2.24) is 0 Å². The number of rotatable bonds is 3. The van der Waals surface area contributed by atoms with E-state index in [4.69, 9.17) is 0 Å². The summed E-state index contributed by atoms with van der Waals surface area (Å²) in [5, 5.41) is 3.49. The fraction of sp³-hybridized carbons (Fsp3) is 0.571. The maximum atomic E-state index is 3.49. The molecule has 0 fully saturated rings. The van der Waals surface area contributed by atoms with Gasteiger partial charge in [-0.2, -0.15) is 0 Å². The highest BCUT2D eigenvalue weighted by Crippen LogP contribution is 2.21. The fourth-order valence-corrected chi connectivity index (χ4v) is 2.17. The molecule has 1 aromatic carbocycles. The Hall–Kier alpha value is -0.915. The van der Waals surface area contributed by atoms with Crippen molar-refractivity contribution in [2.24, 2.45) is 5.92 Å². The normalized spacial score (nSPS) is 16.5. The van der Waals surface area contributed by atoms with Gasteiger partial charge in [-0.1, -0.05) is 50.1 Å². The smallest absolute Gasteiger partial charge is 0.155 e. The SMILES string of the molecule is CC(C)C(C)[B]c1cccc2c1CCCN2. The van der Waals surface area contributed by atoms with E-state index in [0.717, 1.165) is 6.54 Å². The second-order valence-electron chi connectivity index (χ2n) is 5.17. The molecule has 0 aromatic heterocycles. The molecule has 1 atom stereocenters. The first-order valence-electron chi connectivity index (χ1n) is 6.39. The molecule has 0 aliphatic carbocycles. The summed E-state index contributed by atoms with van der Waals surface area (Å²) in [7, 11) is 2.43. The Morgan fingerprint density at radius 3 is 2.81 bits per heavy atom. The van der Waals surface area contributed by atoms with Crippen LogP contribution in [-0.2, 0) is 6.42 Å². The van der Waals surface area contributed by atoms with Crippen LogP contribution >= 0.6 is 0 Å². The first-order valence-corrected chi connectivity index (χ1v) is 6.39. The Balaban J connectivity index is 2.20. The Kier molecular flexibility index (Phi) is 3.57. The summed E-state index contributed by atoms with van der Waals surface area (Å²) >= 11 is 0.